The molecule has 0 fully saturated rings. The Balaban J connectivity index is 1.99. The van der Waals surface area contributed by atoms with Crippen molar-refractivity contribution >= 4 is 10.9 Å². The van der Waals surface area contributed by atoms with Crippen molar-refractivity contribution in [1.29, 1.82) is 0 Å². The van der Waals surface area contributed by atoms with E-state index in [4.69, 9.17) is 4.74 Å². The molecule has 0 saturated carbocycles. The highest BCUT2D eigenvalue weighted by atomic mass is 19.1. The van der Waals surface area contributed by atoms with E-state index in [1.807, 2.05) is 12.1 Å². The third kappa shape index (κ3) is 2.33. The first-order chi connectivity index (χ1) is 9.78. The number of halogens is 1. The number of hydrogen-bond donors (Lipinski definition) is 1. The van der Waals surface area contributed by atoms with E-state index in [1.54, 1.807) is 30.3 Å². The van der Waals surface area contributed by atoms with Gasteiger partial charge in [-0.1, -0.05) is 30.3 Å². The minimum atomic E-state index is -0.357. The van der Waals surface area contributed by atoms with Gasteiger partial charge in [-0.05, 0) is 18.2 Å². The number of aliphatic hydroxyl groups is 1. The van der Waals surface area contributed by atoms with Crippen LogP contribution in [-0.2, 0) is 6.61 Å². The Morgan fingerprint density at radius 2 is 1.95 bits per heavy atom. The SMILES string of the molecule is OCc1ccccc1Oc1cnc2c(F)cccc2c1. The van der Waals surface area contributed by atoms with Crippen LogP contribution in [0.1, 0.15) is 5.56 Å². The molecular weight excluding hydrogens is 257 g/mol. The molecule has 3 rings (SSSR count). The molecule has 0 aliphatic heterocycles. The summed E-state index contributed by atoms with van der Waals surface area (Å²) in [6.45, 7) is -0.105. The maximum atomic E-state index is 13.5. The molecule has 0 saturated heterocycles. The Bertz CT molecular complexity index is 758. The van der Waals surface area contributed by atoms with Crippen LogP contribution >= 0.6 is 0 Å². The summed E-state index contributed by atoms with van der Waals surface area (Å²) in [5.74, 6) is 0.710. The van der Waals surface area contributed by atoms with Crippen molar-refractivity contribution in [3.63, 3.8) is 0 Å². The zero-order chi connectivity index (χ0) is 13.9. The summed E-state index contributed by atoms with van der Waals surface area (Å²) in [7, 11) is 0. The van der Waals surface area contributed by atoms with E-state index in [1.165, 1.54) is 12.3 Å². The summed E-state index contributed by atoms with van der Waals surface area (Å²) < 4.78 is 19.2. The number of aliphatic hydroxyl groups excluding tert-OH is 1. The normalized spacial score (nSPS) is 10.7. The summed E-state index contributed by atoms with van der Waals surface area (Å²) in [4.78, 5) is 4.07. The first kappa shape index (κ1) is 12.6. The second-order valence-electron chi connectivity index (χ2n) is 4.35. The Hall–Kier alpha value is -2.46. The second-order valence-corrected chi connectivity index (χ2v) is 4.35. The molecule has 0 aliphatic carbocycles. The van der Waals surface area contributed by atoms with E-state index in [-0.39, 0.29) is 12.4 Å². The largest absolute Gasteiger partial charge is 0.455 e. The number of nitrogens with zero attached hydrogens (tertiary/aromatic N) is 1. The van der Waals surface area contributed by atoms with E-state index in [0.29, 0.717) is 28.0 Å². The average Bonchev–Trinajstić information content (AvgIpc) is 2.48. The molecule has 0 unspecified atom stereocenters. The number of aromatic nitrogens is 1. The van der Waals surface area contributed by atoms with Gasteiger partial charge < -0.3 is 9.84 Å². The Morgan fingerprint density at radius 1 is 1.10 bits per heavy atom. The molecule has 1 N–H and O–H groups in total. The van der Waals surface area contributed by atoms with Gasteiger partial charge in [0.25, 0.3) is 0 Å². The number of pyridine rings is 1. The highest BCUT2D eigenvalue weighted by molar-refractivity contribution is 5.80. The summed E-state index contributed by atoms with van der Waals surface area (Å²) >= 11 is 0. The topological polar surface area (TPSA) is 42.4 Å². The van der Waals surface area contributed by atoms with Crippen molar-refractivity contribution in [3.8, 4) is 11.5 Å². The Morgan fingerprint density at radius 3 is 2.80 bits per heavy atom. The van der Waals surface area contributed by atoms with Crippen LogP contribution < -0.4 is 4.74 Å². The molecule has 1 aromatic heterocycles. The lowest BCUT2D eigenvalue weighted by atomic mass is 10.2. The van der Waals surface area contributed by atoms with Crippen LogP contribution in [-0.4, -0.2) is 10.1 Å². The van der Waals surface area contributed by atoms with Crippen molar-refractivity contribution in [2.24, 2.45) is 0 Å². The fourth-order valence-corrected chi connectivity index (χ4v) is 2.02. The van der Waals surface area contributed by atoms with Gasteiger partial charge in [0.15, 0.2) is 0 Å². The minimum absolute atomic E-state index is 0.105. The number of rotatable bonds is 3. The molecule has 0 bridgehead atoms. The van der Waals surface area contributed by atoms with Gasteiger partial charge in [-0.2, -0.15) is 0 Å². The Labute approximate surface area is 115 Å². The van der Waals surface area contributed by atoms with Gasteiger partial charge in [0, 0.05) is 10.9 Å². The van der Waals surface area contributed by atoms with Gasteiger partial charge in [-0.3, -0.25) is 0 Å². The molecule has 1 heterocycles. The Kier molecular flexibility index (Phi) is 3.31. The van der Waals surface area contributed by atoms with Gasteiger partial charge in [0.1, 0.15) is 22.8 Å². The molecule has 100 valence electrons. The number of hydrogen-bond acceptors (Lipinski definition) is 3. The molecular formula is C16H12FNO2. The number of benzene rings is 2. The summed E-state index contributed by atoms with van der Waals surface area (Å²) in [6.07, 6.45) is 1.47. The lowest BCUT2D eigenvalue weighted by molar-refractivity contribution is 0.276. The lowest BCUT2D eigenvalue weighted by Gasteiger charge is -2.09. The first-order valence-corrected chi connectivity index (χ1v) is 6.19. The molecule has 0 atom stereocenters. The molecule has 0 radical (unpaired) electrons. The molecule has 3 nitrogen and oxygen atoms in total. The van der Waals surface area contributed by atoms with Gasteiger partial charge in [-0.25, -0.2) is 9.37 Å². The fraction of sp³-hybridized carbons (Fsp3) is 0.0625. The molecule has 0 spiro atoms. The zero-order valence-corrected chi connectivity index (χ0v) is 10.6. The highest BCUT2D eigenvalue weighted by Crippen LogP contribution is 2.27. The van der Waals surface area contributed by atoms with Gasteiger partial charge in [0.05, 0.1) is 12.8 Å². The summed E-state index contributed by atoms with van der Waals surface area (Å²) in [6, 6.07) is 13.7. The van der Waals surface area contributed by atoms with Crippen molar-refractivity contribution in [1.82, 2.24) is 4.98 Å². The smallest absolute Gasteiger partial charge is 0.149 e. The summed E-state index contributed by atoms with van der Waals surface area (Å²) in [5, 5.41) is 9.93. The van der Waals surface area contributed by atoms with Gasteiger partial charge >= 0.3 is 0 Å². The van der Waals surface area contributed by atoms with E-state index in [0.717, 1.165) is 0 Å². The second kappa shape index (κ2) is 5.27. The predicted molar refractivity (Wildman–Crippen MR) is 74.1 cm³/mol. The van der Waals surface area contributed by atoms with Crippen LogP contribution in [0.4, 0.5) is 4.39 Å². The molecule has 20 heavy (non-hydrogen) atoms. The van der Waals surface area contributed by atoms with Crippen LogP contribution in [0.3, 0.4) is 0 Å². The number of para-hydroxylation sites is 2. The monoisotopic (exact) mass is 269 g/mol. The molecule has 0 aliphatic rings. The van der Waals surface area contributed by atoms with Crippen LogP contribution in [0.5, 0.6) is 11.5 Å². The van der Waals surface area contributed by atoms with E-state index < -0.39 is 0 Å². The van der Waals surface area contributed by atoms with Gasteiger partial charge in [0.2, 0.25) is 0 Å². The predicted octanol–water partition coefficient (Wildman–Crippen LogP) is 3.66. The minimum Gasteiger partial charge on any atom is -0.455 e. The van der Waals surface area contributed by atoms with Crippen LogP contribution in [0, 0.1) is 5.82 Å². The van der Waals surface area contributed by atoms with Crippen molar-refractivity contribution in [2.75, 3.05) is 0 Å². The third-order valence-corrected chi connectivity index (χ3v) is 3.01. The van der Waals surface area contributed by atoms with Crippen molar-refractivity contribution < 1.29 is 14.2 Å². The molecule has 0 amide bonds. The zero-order valence-electron chi connectivity index (χ0n) is 10.6. The quantitative estimate of drug-likeness (QED) is 0.789. The lowest BCUT2D eigenvalue weighted by Crippen LogP contribution is -1.92. The third-order valence-electron chi connectivity index (χ3n) is 3.01. The standard InChI is InChI=1S/C16H12FNO2/c17-14-6-3-5-11-8-13(9-18-16(11)14)20-15-7-2-1-4-12(15)10-19/h1-9,19H,10H2. The molecule has 4 heteroatoms. The maximum Gasteiger partial charge on any atom is 0.149 e. The maximum absolute atomic E-state index is 13.5. The number of ether oxygens (including phenoxy) is 1. The van der Waals surface area contributed by atoms with E-state index in [9.17, 15) is 9.50 Å². The molecule has 3 aromatic rings. The highest BCUT2D eigenvalue weighted by Gasteiger charge is 2.06. The van der Waals surface area contributed by atoms with Crippen LogP contribution in [0.2, 0.25) is 0 Å². The van der Waals surface area contributed by atoms with Crippen molar-refractivity contribution in [2.45, 2.75) is 6.61 Å². The van der Waals surface area contributed by atoms with Gasteiger partial charge in [-0.15, -0.1) is 0 Å². The van der Waals surface area contributed by atoms with Crippen LogP contribution in [0.25, 0.3) is 10.9 Å². The number of fused-ring (bicyclic) bond motifs is 1. The van der Waals surface area contributed by atoms with E-state index >= 15 is 0 Å². The van der Waals surface area contributed by atoms with Crippen molar-refractivity contribution in [3.05, 3.63) is 66.1 Å². The van der Waals surface area contributed by atoms with Crippen LogP contribution in [0.15, 0.2) is 54.7 Å². The fourth-order valence-electron chi connectivity index (χ4n) is 2.02. The average molecular weight is 269 g/mol. The van der Waals surface area contributed by atoms with E-state index in [2.05, 4.69) is 4.98 Å². The molecule has 2 aromatic carbocycles. The summed E-state index contributed by atoms with van der Waals surface area (Å²) in [5.41, 5.74) is 1.00. The first-order valence-electron chi connectivity index (χ1n) is 6.19.